The minimum atomic E-state index is -0.250. The lowest BCUT2D eigenvalue weighted by atomic mass is 9.97. The van der Waals surface area contributed by atoms with Gasteiger partial charge in [-0.25, -0.2) is 9.97 Å². The van der Waals surface area contributed by atoms with Gasteiger partial charge in [-0.15, -0.1) is 0 Å². The third kappa shape index (κ3) is 4.11. The van der Waals surface area contributed by atoms with Crippen LogP contribution in [0.15, 0.2) is 73.4 Å². The second kappa shape index (κ2) is 8.14. The summed E-state index contributed by atoms with van der Waals surface area (Å²) in [5.74, 6) is 1.35. The first kappa shape index (κ1) is 18.7. The maximum absolute atomic E-state index is 12.6. The summed E-state index contributed by atoms with van der Waals surface area (Å²) in [6.45, 7) is 2.35. The molecule has 2 aromatic heterocycles. The average Bonchev–Trinajstić information content (AvgIpc) is 3.31. The lowest BCUT2D eigenvalue weighted by Crippen LogP contribution is -2.27. The number of hydrogen-bond acceptors (Lipinski definition) is 4. The molecule has 4 rings (SSSR count). The Balaban J connectivity index is 1.41. The molecule has 6 heteroatoms. The topological polar surface area (TPSA) is 69.0 Å². The molecule has 0 fully saturated rings. The number of carbonyl (C=O) groups is 1. The molecule has 0 bridgehead atoms. The van der Waals surface area contributed by atoms with Gasteiger partial charge in [0.1, 0.15) is 17.9 Å². The third-order valence-electron chi connectivity index (χ3n) is 5.01. The molecule has 4 aromatic rings. The van der Waals surface area contributed by atoms with E-state index in [1.807, 2.05) is 60.2 Å². The van der Waals surface area contributed by atoms with Gasteiger partial charge >= 0.3 is 0 Å². The molecule has 1 N–H and O–H groups in total. The monoisotopic (exact) mass is 386 g/mol. The number of fused-ring (bicyclic) bond motifs is 1. The molecule has 6 nitrogen and oxygen atoms in total. The Kier molecular flexibility index (Phi) is 5.24. The number of carbonyl (C=O) groups excluding carboxylic acids is 1. The van der Waals surface area contributed by atoms with Gasteiger partial charge in [0.15, 0.2) is 0 Å². The molecule has 1 atom stereocenters. The summed E-state index contributed by atoms with van der Waals surface area (Å²) in [6, 6.07) is 15.9. The van der Waals surface area contributed by atoms with Crippen molar-refractivity contribution in [2.75, 3.05) is 7.11 Å². The Morgan fingerprint density at radius 3 is 2.69 bits per heavy atom. The van der Waals surface area contributed by atoms with Crippen LogP contribution in [-0.4, -0.2) is 27.6 Å². The summed E-state index contributed by atoms with van der Waals surface area (Å²) >= 11 is 0. The van der Waals surface area contributed by atoms with E-state index < -0.39 is 0 Å². The summed E-state index contributed by atoms with van der Waals surface area (Å²) in [5.41, 5.74) is 1.92. The molecule has 0 spiro atoms. The zero-order valence-corrected chi connectivity index (χ0v) is 16.4. The van der Waals surface area contributed by atoms with Gasteiger partial charge < -0.3 is 10.1 Å². The molecule has 1 amide bonds. The van der Waals surface area contributed by atoms with Crippen molar-refractivity contribution in [2.24, 2.45) is 0 Å². The Bertz CT molecular complexity index is 1120. The van der Waals surface area contributed by atoms with Gasteiger partial charge in [-0.1, -0.05) is 30.3 Å². The van der Waals surface area contributed by atoms with Crippen LogP contribution < -0.4 is 10.1 Å². The number of nitrogens with zero attached hydrogens (tertiary/aromatic N) is 3. The third-order valence-corrected chi connectivity index (χ3v) is 5.01. The minimum Gasteiger partial charge on any atom is -0.497 e. The maximum Gasteiger partial charge on any atom is 0.227 e. The van der Waals surface area contributed by atoms with E-state index in [2.05, 4.69) is 21.4 Å². The number of hydrogen-bond donors (Lipinski definition) is 1. The van der Waals surface area contributed by atoms with Crippen molar-refractivity contribution < 1.29 is 9.53 Å². The molecule has 0 aliphatic rings. The Labute approximate surface area is 169 Å². The van der Waals surface area contributed by atoms with E-state index in [0.29, 0.717) is 6.54 Å². The number of methoxy groups -OCH3 is 1. The van der Waals surface area contributed by atoms with Gasteiger partial charge in [-0.3, -0.25) is 9.36 Å². The number of ether oxygens (including phenoxy) is 1. The summed E-state index contributed by atoms with van der Waals surface area (Å²) in [4.78, 5) is 21.1. The molecular weight excluding hydrogens is 364 g/mol. The van der Waals surface area contributed by atoms with Gasteiger partial charge in [0, 0.05) is 25.1 Å². The first-order chi connectivity index (χ1) is 14.1. The molecule has 0 aliphatic heterocycles. The number of nitrogens with one attached hydrogen (secondary N) is 1. The van der Waals surface area contributed by atoms with Gasteiger partial charge in [0.2, 0.25) is 5.91 Å². The highest BCUT2D eigenvalue weighted by Gasteiger charge is 2.15. The largest absolute Gasteiger partial charge is 0.497 e. The fraction of sp³-hybridized carbons (Fsp3) is 0.174. The highest BCUT2D eigenvalue weighted by atomic mass is 16.5. The van der Waals surface area contributed by atoms with Crippen LogP contribution in [-0.2, 0) is 11.3 Å². The van der Waals surface area contributed by atoms with Crippen molar-refractivity contribution in [1.82, 2.24) is 19.9 Å². The van der Waals surface area contributed by atoms with Gasteiger partial charge in [-0.05, 0) is 47.0 Å². The minimum absolute atomic E-state index is 0.0171. The highest BCUT2D eigenvalue weighted by molar-refractivity contribution is 5.88. The van der Waals surface area contributed by atoms with Gasteiger partial charge in [-0.2, -0.15) is 0 Å². The molecule has 29 heavy (non-hydrogen) atoms. The van der Waals surface area contributed by atoms with E-state index in [4.69, 9.17) is 4.74 Å². The molecule has 0 aliphatic carbocycles. The normalized spacial score (nSPS) is 11.9. The summed E-state index contributed by atoms with van der Waals surface area (Å²) in [7, 11) is 1.66. The van der Waals surface area contributed by atoms with Crippen molar-refractivity contribution in [3.05, 3.63) is 84.6 Å². The van der Waals surface area contributed by atoms with E-state index in [-0.39, 0.29) is 11.8 Å². The van der Waals surface area contributed by atoms with Crippen LogP contribution in [0.4, 0.5) is 0 Å². The van der Waals surface area contributed by atoms with Crippen LogP contribution in [0.3, 0.4) is 0 Å². The second-order valence-electron chi connectivity index (χ2n) is 6.91. The summed E-state index contributed by atoms with van der Waals surface area (Å²) in [5, 5.41) is 5.17. The van der Waals surface area contributed by atoms with E-state index in [1.165, 1.54) is 0 Å². The fourth-order valence-corrected chi connectivity index (χ4v) is 3.20. The molecule has 0 radical (unpaired) electrons. The number of rotatable bonds is 6. The standard InChI is InChI=1S/C23H22N4O2/c1-16(18-4-5-20-12-21(29-2)7-6-19(20)11-18)23(28)26-14-17-3-8-22(25-13-17)27-10-9-24-15-27/h3-13,15-16H,14H2,1-2H3,(H,26,28)/t16-/m0/s1. The lowest BCUT2D eigenvalue weighted by Gasteiger charge is -2.14. The fourth-order valence-electron chi connectivity index (χ4n) is 3.20. The van der Waals surface area contributed by atoms with Crippen LogP contribution in [0, 0.1) is 0 Å². The number of aromatic nitrogens is 3. The van der Waals surface area contributed by atoms with Crippen molar-refractivity contribution in [1.29, 1.82) is 0 Å². The van der Waals surface area contributed by atoms with E-state index in [1.54, 1.807) is 25.8 Å². The highest BCUT2D eigenvalue weighted by Crippen LogP contribution is 2.25. The Morgan fingerprint density at radius 1 is 1.14 bits per heavy atom. The van der Waals surface area contributed by atoms with Crippen LogP contribution >= 0.6 is 0 Å². The van der Waals surface area contributed by atoms with Gasteiger partial charge in [0.25, 0.3) is 0 Å². The maximum atomic E-state index is 12.6. The zero-order chi connectivity index (χ0) is 20.2. The first-order valence-corrected chi connectivity index (χ1v) is 9.43. The number of benzene rings is 2. The van der Waals surface area contributed by atoms with Gasteiger partial charge in [0.05, 0.1) is 13.0 Å². The van der Waals surface area contributed by atoms with Crippen LogP contribution in [0.25, 0.3) is 16.6 Å². The van der Waals surface area contributed by atoms with Crippen molar-refractivity contribution in [3.8, 4) is 11.6 Å². The zero-order valence-electron chi connectivity index (χ0n) is 16.4. The number of pyridine rings is 1. The predicted octanol–water partition coefficient (Wildman–Crippen LogP) is 3.85. The van der Waals surface area contributed by atoms with E-state index >= 15 is 0 Å². The molecule has 0 unspecified atom stereocenters. The quantitative estimate of drug-likeness (QED) is 0.546. The molecule has 146 valence electrons. The molecule has 0 saturated carbocycles. The van der Waals surface area contributed by atoms with Crippen molar-refractivity contribution in [3.63, 3.8) is 0 Å². The van der Waals surface area contributed by atoms with Crippen molar-refractivity contribution >= 4 is 16.7 Å². The lowest BCUT2D eigenvalue weighted by molar-refractivity contribution is -0.122. The average molecular weight is 386 g/mol. The molecule has 2 aromatic carbocycles. The summed E-state index contributed by atoms with van der Waals surface area (Å²) < 4.78 is 7.10. The SMILES string of the molecule is COc1ccc2cc([C@H](C)C(=O)NCc3ccc(-n4ccnc4)nc3)ccc2c1. The van der Waals surface area contributed by atoms with Crippen LogP contribution in [0.5, 0.6) is 5.75 Å². The molecule has 0 saturated heterocycles. The second-order valence-corrected chi connectivity index (χ2v) is 6.91. The van der Waals surface area contributed by atoms with Crippen LogP contribution in [0.1, 0.15) is 24.0 Å². The van der Waals surface area contributed by atoms with Crippen LogP contribution in [0.2, 0.25) is 0 Å². The first-order valence-electron chi connectivity index (χ1n) is 9.43. The smallest absolute Gasteiger partial charge is 0.227 e. The Morgan fingerprint density at radius 2 is 1.97 bits per heavy atom. The number of imidazole rings is 1. The Hall–Kier alpha value is -3.67. The molecular formula is C23H22N4O2. The predicted molar refractivity (Wildman–Crippen MR) is 112 cm³/mol. The number of amides is 1. The molecule has 2 heterocycles. The van der Waals surface area contributed by atoms with E-state index in [0.717, 1.165) is 33.5 Å². The summed E-state index contributed by atoms with van der Waals surface area (Å²) in [6.07, 6.45) is 7.01. The van der Waals surface area contributed by atoms with Crippen molar-refractivity contribution in [2.45, 2.75) is 19.4 Å². The van der Waals surface area contributed by atoms with E-state index in [9.17, 15) is 4.79 Å².